The van der Waals surface area contributed by atoms with Crippen molar-refractivity contribution >= 4 is 21.6 Å². The molecule has 8 heteroatoms. The summed E-state index contributed by atoms with van der Waals surface area (Å²) < 4.78 is 39.8. The monoisotopic (exact) mass is 530 g/mol. The Morgan fingerprint density at radius 2 is 1.47 bits per heavy atom. The summed E-state index contributed by atoms with van der Waals surface area (Å²) in [7, 11) is -0.862. The van der Waals surface area contributed by atoms with E-state index in [1.54, 1.807) is 87.0 Å². The predicted molar refractivity (Wildman–Crippen MR) is 148 cm³/mol. The topological polar surface area (TPSA) is 84.9 Å². The van der Waals surface area contributed by atoms with Crippen LogP contribution in [0.15, 0.2) is 108 Å². The van der Waals surface area contributed by atoms with Crippen molar-refractivity contribution in [1.82, 2.24) is 5.32 Å². The number of hydrogen-bond donors (Lipinski definition) is 1. The number of amides is 1. The molecule has 38 heavy (non-hydrogen) atoms. The number of para-hydroxylation sites is 1. The minimum atomic E-state index is -3.99. The van der Waals surface area contributed by atoms with Crippen LogP contribution in [0.5, 0.6) is 11.5 Å². The van der Waals surface area contributed by atoms with Gasteiger partial charge < -0.3 is 14.8 Å². The van der Waals surface area contributed by atoms with Gasteiger partial charge in [-0.2, -0.15) is 0 Å². The van der Waals surface area contributed by atoms with Gasteiger partial charge in [0.05, 0.1) is 43.0 Å². The average molecular weight is 531 g/mol. The van der Waals surface area contributed by atoms with Crippen molar-refractivity contribution in [2.75, 3.05) is 18.5 Å². The number of benzene rings is 4. The lowest BCUT2D eigenvalue weighted by Crippen LogP contribution is -2.34. The van der Waals surface area contributed by atoms with E-state index in [0.717, 1.165) is 11.1 Å². The van der Waals surface area contributed by atoms with E-state index in [0.29, 0.717) is 11.5 Å². The number of methoxy groups -OCH3 is 2. The maximum Gasteiger partial charge on any atom is 0.264 e. The molecule has 0 aromatic heterocycles. The molecule has 0 heterocycles. The van der Waals surface area contributed by atoms with Gasteiger partial charge in [-0.15, -0.1) is 0 Å². The molecule has 0 aliphatic carbocycles. The summed E-state index contributed by atoms with van der Waals surface area (Å²) in [4.78, 5) is 13.8. The summed E-state index contributed by atoms with van der Waals surface area (Å²) >= 11 is 0. The van der Waals surface area contributed by atoms with Crippen LogP contribution in [-0.4, -0.2) is 28.5 Å². The van der Waals surface area contributed by atoms with Gasteiger partial charge in [-0.25, -0.2) is 8.42 Å². The van der Waals surface area contributed by atoms with Crippen molar-refractivity contribution in [2.24, 2.45) is 0 Å². The molecule has 0 unspecified atom stereocenters. The van der Waals surface area contributed by atoms with Gasteiger partial charge in [-0.1, -0.05) is 60.7 Å². The fourth-order valence-corrected chi connectivity index (χ4v) is 5.67. The molecular weight excluding hydrogens is 500 g/mol. The molecule has 0 bridgehead atoms. The second-order valence-electron chi connectivity index (χ2n) is 8.63. The third-order valence-electron chi connectivity index (χ3n) is 6.17. The fourth-order valence-electron chi connectivity index (χ4n) is 4.18. The summed E-state index contributed by atoms with van der Waals surface area (Å²) in [5.74, 6) is 0.814. The second kappa shape index (κ2) is 11.8. The molecule has 0 spiro atoms. The number of carbonyl (C=O) groups excluding carboxylic acids is 1. The Labute approximate surface area is 223 Å². The Kier molecular flexibility index (Phi) is 8.33. The van der Waals surface area contributed by atoms with Crippen LogP contribution in [0, 0.1) is 0 Å². The zero-order valence-corrected chi connectivity index (χ0v) is 22.3. The molecule has 0 aliphatic rings. The molecule has 1 amide bonds. The molecular formula is C30H30N2O5S. The molecule has 1 N–H and O–H groups in total. The van der Waals surface area contributed by atoms with Crippen LogP contribution < -0.4 is 19.1 Å². The maximum absolute atomic E-state index is 13.9. The number of hydrogen-bond acceptors (Lipinski definition) is 5. The molecule has 196 valence electrons. The first kappa shape index (κ1) is 26.8. The Morgan fingerprint density at radius 3 is 2.13 bits per heavy atom. The number of nitrogens with one attached hydrogen (secondary N) is 1. The number of ether oxygens (including phenoxy) is 2. The summed E-state index contributed by atoms with van der Waals surface area (Å²) in [6.07, 6.45) is 0. The molecule has 0 aliphatic heterocycles. The molecule has 4 rings (SSSR count). The largest absolute Gasteiger partial charge is 0.497 e. The SMILES string of the molecule is COc1ccc(OC)c([C@H](C)NC(=O)c2ccccc2N(Cc2ccccc2)S(=O)(=O)c2ccccc2)c1. The summed E-state index contributed by atoms with van der Waals surface area (Å²) in [5.41, 5.74) is 2.03. The quantitative estimate of drug-likeness (QED) is 0.289. The van der Waals surface area contributed by atoms with Crippen molar-refractivity contribution in [2.45, 2.75) is 24.4 Å². The number of rotatable bonds is 10. The minimum Gasteiger partial charge on any atom is -0.497 e. The Morgan fingerprint density at radius 1 is 0.842 bits per heavy atom. The molecule has 0 saturated carbocycles. The van der Waals surface area contributed by atoms with Crippen LogP contribution in [0.1, 0.15) is 34.5 Å². The third-order valence-corrected chi connectivity index (χ3v) is 7.94. The van der Waals surface area contributed by atoms with E-state index in [-0.39, 0.29) is 22.7 Å². The highest BCUT2D eigenvalue weighted by Gasteiger charge is 2.29. The number of anilines is 1. The minimum absolute atomic E-state index is 0.0572. The summed E-state index contributed by atoms with van der Waals surface area (Å²) in [6, 6.07) is 29.1. The van der Waals surface area contributed by atoms with E-state index >= 15 is 0 Å². The van der Waals surface area contributed by atoms with Crippen LogP contribution in [0.25, 0.3) is 0 Å². The fraction of sp³-hybridized carbons (Fsp3) is 0.167. The van der Waals surface area contributed by atoms with Crippen LogP contribution in [0.4, 0.5) is 5.69 Å². The highest BCUT2D eigenvalue weighted by molar-refractivity contribution is 7.92. The summed E-state index contributed by atoms with van der Waals surface area (Å²) in [5, 5.41) is 2.99. The smallest absolute Gasteiger partial charge is 0.264 e. The Hall–Kier alpha value is -4.30. The van der Waals surface area contributed by atoms with Crippen molar-refractivity contribution in [3.05, 3.63) is 120 Å². The van der Waals surface area contributed by atoms with E-state index in [2.05, 4.69) is 5.32 Å². The third kappa shape index (κ3) is 5.81. The van der Waals surface area contributed by atoms with Gasteiger partial charge in [0.25, 0.3) is 15.9 Å². The highest BCUT2D eigenvalue weighted by Crippen LogP contribution is 2.32. The molecule has 0 saturated heterocycles. The molecule has 4 aromatic rings. The molecule has 7 nitrogen and oxygen atoms in total. The van der Waals surface area contributed by atoms with E-state index in [4.69, 9.17) is 9.47 Å². The lowest BCUT2D eigenvalue weighted by atomic mass is 10.1. The number of carbonyl (C=O) groups is 1. The van der Waals surface area contributed by atoms with Gasteiger partial charge in [0.1, 0.15) is 11.5 Å². The van der Waals surface area contributed by atoms with Crippen LogP contribution in [-0.2, 0) is 16.6 Å². The van der Waals surface area contributed by atoms with E-state index in [1.165, 1.54) is 4.31 Å². The first-order valence-electron chi connectivity index (χ1n) is 12.1. The first-order chi connectivity index (χ1) is 18.3. The number of sulfonamides is 1. The Balaban J connectivity index is 1.74. The van der Waals surface area contributed by atoms with E-state index in [1.807, 2.05) is 37.3 Å². The van der Waals surface area contributed by atoms with Gasteiger partial charge in [-0.05, 0) is 55.0 Å². The van der Waals surface area contributed by atoms with Crippen molar-refractivity contribution in [1.29, 1.82) is 0 Å². The van der Waals surface area contributed by atoms with Crippen molar-refractivity contribution in [3.8, 4) is 11.5 Å². The van der Waals surface area contributed by atoms with E-state index in [9.17, 15) is 13.2 Å². The zero-order chi connectivity index (χ0) is 27.1. The van der Waals surface area contributed by atoms with Crippen LogP contribution in [0.2, 0.25) is 0 Å². The standard InChI is InChI=1S/C30H30N2O5S/c1-22(27-20-24(36-2)18-19-29(27)37-3)31-30(33)26-16-10-11-17-28(26)32(21-23-12-6-4-7-13-23)38(34,35)25-14-8-5-9-15-25/h4-20,22H,21H2,1-3H3,(H,31,33)/t22-/m0/s1. The lowest BCUT2D eigenvalue weighted by Gasteiger charge is -2.27. The normalized spacial score (nSPS) is 11.9. The van der Waals surface area contributed by atoms with Gasteiger partial charge in [0, 0.05) is 5.56 Å². The number of nitrogens with zero attached hydrogens (tertiary/aromatic N) is 1. The summed E-state index contributed by atoms with van der Waals surface area (Å²) in [6.45, 7) is 1.89. The predicted octanol–water partition coefficient (Wildman–Crippen LogP) is 5.59. The lowest BCUT2D eigenvalue weighted by molar-refractivity contribution is 0.0940. The van der Waals surface area contributed by atoms with Gasteiger partial charge in [-0.3, -0.25) is 9.10 Å². The Bertz CT molecular complexity index is 1490. The van der Waals surface area contributed by atoms with E-state index < -0.39 is 22.0 Å². The molecule has 1 atom stereocenters. The maximum atomic E-state index is 13.9. The molecule has 0 radical (unpaired) electrons. The van der Waals surface area contributed by atoms with Gasteiger partial charge in [0.2, 0.25) is 0 Å². The van der Waals surface area contributed by atoms with Crippen LogP contribution >= 0.6 is 0 Å². The first-order valence-corrected chi connectivity index (χ1v) is 13.5. The van der Waals surface area contributed by atoms with Gasteiger partial charge >= 0.3 is 0 Å². The second-order valence-corrected chi connectivity index (χ2v) is 10.5. The average Bonchev–Trinajstić information content (AvgIpc) is 2.96. The zero-order valence-electron chi connectivity index (χ0n) is 21.5. The van der Waals surface area contributed by atoms with Crippen LogP contribution in [0.3, 0.4) is 0 Å². The van der Waals surface area contributed by atoms with Gasteiger partial charge in [0.15, 0.2) is 0 Å². The van der Waals surface area contributed by atoms with Crippen molar-refractivity contribution in [3.63, 3.8) is 0 Å². The van der Waals surface area contributed by atoms with Crippen molar-refractivity contribution < 1.29 is 22.7 Å². The highest BCUT2D eigenvalue weighted by atomic mass is 32.2. The molecule has 0 fully saturated rings. The molecule has 4 aromatic carbocycles.